The molecule has 6 nitrogen and oxygen atoms in total. The summed E-state index contributed by atoms with van der Waals surface area (Å²) in [5.41, 5.74) is 4.78. The summed E-state index contributed by atoms with van der Waals surface area (Å²) in [6, 6.07) is 15.6. The van der Waals surface area contributed by atoms with Crippen LogP contribution in [0.15, 0.2) is 48.5 Å². The average molecular weight is 390 g/mol. The zero-order valence-corrected chi connectivity index (χ0v) is 17.2. The second-order valence-corrected chi connectivity index (χ2v) is 6.97. The van der Waals surface area contributed by atoms with Crippen molar-refractivity contribution < 1.29 is 9.53 Å². The maximum absolute atomic E-state index is 12.6. The molecule has 0 aliphatic heterocycles. The van der Waals surface area contributed by atoms with Crippen molar-refractivity contribution in [3.8, 4) is 5.75 Å². The molecule has 2 N–H and O–H groups in total. The standard InChI is InChI=1S/C23H26N4O2/c1-15-8-9-19(12-16(15)2)27-22-14-21(25-17(3)26-22)23(28)24-11-10-18-6-5-7-20(13-18)29-4/h5-9,12-14H,10-11H2,1-4H3,(H,24,28)(H,25,26,27). The molecule has 6 heteroatoms. The van der Waals surface area contributed by atoms with Crippen molar-refractivity contribution in [2.45, 2.75) is 27.2 Å². The van der Waals surface area contributed by atoms with Gasteiger partial charge >= 0.3 is 0 Å². The summed E-state index contributed by atoms with van der Waals surface area (Å²) in [4.78, 5) is 21.2. The Hall–Kier alpha value is -3.41. The number of carbonyl (C=O) groups excluding carboxylic acids is 1. The van der Waals surface area contributed by atoms with Gasteiger partial charge in [0, 0.05) is 18.3 Å². The first kappa shape index (κ1) is 20.3. The number of nitrogens with zero attached hydrogens (tertiary/aromatic N) is 2. The quantitative estimate of drug-likeness (QED) is 0.634. The smallest absolute Gasteiger partial charge is 0.270 e. The van der Waals surface area contributed by atoms with Crippen LogP contribution in [-0.2, 0) is 6.42 Å². The van der Waals surface area contributed by atoms with Crippen molar-refractivity contribution in [3.63, 3.8) is 0 Å². The van der Waals surface area contributed by atoms with Gasteiger partial charge in [0.2, 0.25) is 0 Å². The summed E-state index contributed by atoms with van der Waals surface area (Å²) < 4.78 is 5.23. The third-order valence-electron chi connectivity index (χ3n) is 4.68. The molecule has 0 atom stereocenters. The number of hydrogen-bond donors (Lipinski definition) is 2. The molecule has 0 saturated heterocycles. The fourth-order valence-corrected chi connectivity index (χ4v) is 2.95. The zero-order chi connectivity index (χ0) is 20.8. The molecular weight excluding hydrogens is 364 g/mol. The molecule has 0 aliphatic rings. The van der Waals surface area contributed by atoms with Crippen molar-refractivity contribution in [3.05, 3.63) is 76.7 Å². The number of carbonyl (C=O) groups is 1. The fraction of sp³-hybridized carbons (Fsp3) is 0.261. The lowest BCUT2D eigenvalue weighted by Crippen LogP contribution is -2.27. The predicted molar refractivity (Wildman–Crippen MR) is 115 cm³/mol. The van der Waals surface area contributed by atoms with Crippen molar-refractivity contribution >= 4 is 17.4 Å². The predicted octanol–water partition coefficient (Wildman–Crippen LogP) is 4.13. The van der Waals surface area contributed by atoms with Crippen LogP contribution in [0.1, 0.15) is 33.0 Å². The van der Waals surface area contributed by atoms with Gasteiger partial charge in [0.25, 0.3) is 5.91 Å². The van der Waals surface area contributed by atoms with Gasteiger partial charge in [0.15, 0.2) is 0 Å². The van der Waals surface area contributed by atoms with Crippen LogP contribution in [0.5, 0.6) is 5.75 Å². The van der Waals surface area contributed by atoms with Crippen LogP contribution in [0.4, 0.5) is 11.5 Å². The minimum atomic E-state index is -0.221. The SMILES string of the molecule is COc1cccc(CCNC(=O)c2cc(Nc3ccc(C)c(C)c3)nc(C)n2)c1. The molecule has 1 heterocycles. The summed E-state index contributed by atoms with van der Waals surface area (Å²) in [6.07, 6.45) is 0.709. The van der Waals surface area contributed by atoms with Gasteiger partial charge in [-0.05, 0) is 68.1 Å². The van der Waals surface area contributed by atoms with E-state index in [1.54, 1.807) is 20.1 Å². The number of methoxy groups -OCH3 is 1. The van der Waals surface area contributed by atoms with E-state index in [0.717, 1.165) is 17.0 Å². The number of aryl methyl sites for hydroxylation is 3. The molecule has 0 fully saturated rings. The fourth-order valence-electron chi connectivity index (χ4n) is 2.95. The van der Waals surface area contributed by atoms with E-state index in [1.165, 1.54) is 11.1 Å². The summed E-state index contributed by atoms with van der Waals surface area (Å²) >= 11 is 0. The highest BCUT2D eigenvalue weighted by Crippen LogP contribution is 2.19. The van der Waals surface area contributed by atoms with Crippen molar-refractivity contribution in [2.24, 2.45) is 0 Å². The maximum Gasteiger partial charge on any atom is 0.270 e. The molecule has 2 aromatic carbocycles. The Bertz CT molecular complexity index is 1020. The van der Waals surface area contributed by atoms with Crippen LogP contribution >= 0.6 is 0 Å². The van der Waals surface area contributed by atoms with Crippen LogP contribution in [0, 0.1) is 20.8 Å². The number of amides is 1. The Morgan fingerprint density at radius 1 is 1.00 bits per heavy atom. The number of nitrogens with one attached hydrogen (secondary N) is 2. The molecule has 3 rings (SSSR count). The van der Waals surface area contributed by atoms with Gasteiger partial charge in [0.05, 0.1) is 7.11 Å². The molecule has 29 heavy (non-hydrogen) atoms. The van der Waals surface area contributed by atoms with Gasteiger partial charge < -0.3 is 15.4 Å². The van der Waals surface area contributed by atoms with Gasteiger partial charge in [-0.25, -0.2) is 9.97 Å². The molecular formula is C23H26N4O2. The molecule has 0 saturated carbocycles. The Kier molecular flexibility index (Phi) is 6.44. The van der Waals surface area contributed by atoms with Crippen LogP contribution in [-0.4, -0.2) is 29.5 Å². The zero-order valence-electron chi connectivity index (χ0n) is 17.2. The Morgan fingerprint density at radius 3 is 2.59 bits per heavy atom. The van der Waals surface area contributed by atoms with Crippen molar-refractivity contribution in [1.82, 2.24) is 15.3 Å². The number of ether oxygens (including phenoxy) is 1. The van der Waals surface area contributed by atoms with E-state index in [9.17, 15) is 4.79 Å². The summed E-state index contributed by atoms with van der Waals surface area (Å²) in [5, 5.41) is 6.18. The lowest BCUT2D eigenvalue weighted by molar-refractivity contribution is 0.0949. The van der Waals surface area contributed by atoms with E-state index in [-0.39, 0.29) is 5.91 Å². The Labute approximate surface area is 171 Å². The minimum Gasteiger partial charge on any atom is -0.497 e. The monoisotopic (exact) mass is 390 g/mol. The second kappa shape index (κ2) is 9.19. The first-order valence-corrected chi connectivity index (χ1v) is 9.55. The highest BCUT2D eigenvalue weighted by Gasteiger charge is 2.11. The third kappa shape index (κ3) is 5.54. The average Bonchev–Trinajstić information content (AvgIpc) is 2.70. The van der Waals surface area contributed by atoms with Crippen LogP contribution in [0.2, 0.25) is 0 Å². The molecule has 0 radical (unpaired) electrons. The van der Waals surface area contributed by atoms with Gasteiger partial charge in [-0.3, -0.25) is 4.79 Å². The number of rotatable bonds is 7. The highest BCUT2D eigenvalue weighted by atomic mass is 16.5. The van der Waals surface area contributed by atoms with E-state index in [2.05, 4.69) is 46.6 Å². The normalized spacial score (nSPS) is 10.5. The molecule has 0 spiro atoms. The Morgan fingerprint density at radius 2 is 1.83 bits per heavy atom. The molecule has 0 bridgehead atoms. The molecule has 150 valence electrons. The van der Waals surface area contributed by atoms with E-state index in [1.807, 2.05) is 30.3 Å². The number of aromatic nitrogens is 2. The van der Waals surface area contributed by atoms with Gasteiger partial charge in [-0.1, -0.05) is 18.2 Å². The minimum absolute atomic E-state index is 0.221. The maximum atomic E-state index is 12.6. The molecule has 1 aromatic heterocycles. The van der Waals surface area contributed by atoms with E-state index >= 15 is 0 Å². The molecule has 0 aliphatic carbocycles. The number of benzene rings is 2. The summed E-state index contributed by atoms with van der Waals surface area (Å²) in [5.74, 6) is 1.72. The van der Waals surface area contributed by atoms with Gasteiger partial charge in [-0.2, -0.15) is 0 Å². The van der Waals surface area contributed by atoms with Gasteiger partial charge in [-0.15, -0.1) is 0 Å². The topological polar surface area (TPSA) is 76.1 Å². The van der Waals surface area contributed by atoms with Crippen LogP contribution in [0.25, 0.3) is 0 Å². The van der Waals surface area contributed by atoms with E-state index < -0.39 is 0 Å². The Balaban J connectivity index is 1.64. The molecule has 3 aromatic rings. The third-order valence-corrected chi connectivity index (χ3v) is 4.68. The number of hydrogen-bond acceptors (Lipinski definition) is 5. The van der Waals surface area contributed by atoms with Crippen LogP contribution in [0.3, 0.4) is 0 Å². The van der Waals surface area contributed by atoms with Crippen molar-refractivity contribution in [1.29, 1.82) is 0 Å². The summed E-state index contributed by atoms with van der Waals surface area (Å²) in [7, 11) is 1.64. The largest absolute Gasteiger partial charge is 0.497 e. The first-order valence-electron chi connectivity index (χ1n) is 9.55. The van der Waals surface area contributed by atoms with Gasteiger partial charge in [0.1, 0.15) is 23.1 Å². The molecule has 1 amide bonds. The second-order valence-electron chi connectivity index (χ2n) is 6.97. The first-order chi connectivity index (χ1) is 13.9. The molecule has 0 unspecified atom stereocenters. The van der Waals surface area contributed by atoms with E-state index in [4.69, 9.17) is 4.74 Å². The highest BCUT2D eigenvalue weighted by molar-refractivity contribution is 5.93. The number of anilines is 2. The lowest BCUT2D eigenvalue weighted by Gasteiger charge is -2.11. The van der Waals surface area contributed by atoms with Crippen molar-refractivity contribution in [2.75, 3.05) is 19.0 Å². The van der Waals surface area contributed by atoms with Crippen LogP contribution < -0.4 is 15.4 Å². The van der Waals surface area contributed by atoms with E-state index in [0.29, 0.717) is 30.3 Å². The summed E-state index contributed by atoms with van der Waals surface area (Å²) in [6.45, 7) is 6.42. The lowest BCUT2D eigenvalue weighted by atomic mass is 10.1.